The van der Waals surface area contributed by atoms with Crippen molar-refractivity contribution in [3.63, 3.8) is 0 Å². The molecule has 0 aliphatic rings. The molecule has 0 aliphatic carbocycles. The first-order chi connectivity index (χ1) is 12.8. The van der Waals surface area contributed by atoms with Crippen LogP contribution in [0.1, 0.15) is 92.9 Å². The molecule has 160 valence electrons. The summed E-state index contributed by atoms with van der Waals surface area (Å²) in [7, 11) is 0. The second-order valence-electron chi connectivity index (χ2n) is 7.52. The van der Waals surface area contributed by atoms with Gasteiger partial charge in [-0.15, -0.1) is 0 Å². The minimum atomic E-state index is -3.66. The number of hydrogen-bond donors (Lipinski definition) is 0. The van der Waals surface area contributed by atoms with Gasteiger partial charge in [0.25, 0.3) is 0 Å². The van der Waals surface area contributed by atoms with Gasteiger partial charge in [0.2, 0.25) is 0 Å². The molecule has 0 aromatic rings. The van der Waals surface area contributed by atoms with Crippen molar-refractivity contribution in [1.29, 1.82) is 0 Å². The summed E-state index contributed by atoms with van der Waals surface area (Å²) in [6, 6.07) is 0. The molecule has 0 N–H and O–H groups in total. The van der Waals surface area contributed by atoms with Crippen molar-refractivity contribution in [1.82, 2.24) is 0 Å². The Hall–Kier alpha value is 0.497. The fraction of sp³-hybridized carbons (Fsp3) is 0.900. The van der Waals surface area contributed by atoms with E-state index in [4.69, 9.17) is 7.56 Å². The third kappa shape index (κ3) is 11.9. The summed E-state index contributed by atoms with van der Waals surface area (Å²) < 4.78 is 22.6. The minimum absolute atomic E-state index is 0.230. The third-order valence-electron chi connectivity index (χ3n) is 4.68. The molecule has 7 heteroatoms. The summed E-state index contributed by atoms with van der Waals surface area (Å²) in [5.74, 6) is -0.459. The van der Waals surface area contributed by atoms with E-state index in [1.807, 2.05) is 0 Å². The van der Waals surface area contributed by atoms with E-state index < -0.39 is 38.4 Å². The van der Waals surface area contributed by atoms with Crippen LogP contribution in [0.15, 0.2) is 0 Å². The van der Waals surface area contributed by atoms with Gasteiger partial charge in [0, 0.05) is 0 Å². The van der Waals surface area contributed by atoms with Crippen molar-refractivity contribution in [2.45, 2.75) is 111 Å². The van der Waals surface area contributed by atoms with Gasteiger partial charge in [-0.2, -0.15) is 0 Å². The molecule has 0 unspecified atom stereocenters. The van der Waals surface area contributed by atoms with E-state index in [0.29, 0.717) is 0 Å². The van der Waals surface area contributed by atoms with E-state index in [9.17, 15) is 9.59 Å². The van der Waals surface area contributed by atoms with Crippen LogP contribution in [0.3, 0.4) is 0 Å². The van der Waals surface area contributed by atoms with Gasteiger partial charge >= 0.3 is 178 Å². The van der Waals surface area contributed by atoms with Crippen molar-refractivity contribution in [2.75, 3.05) is 0 Å². The molecule has 0 radical (unpaired) electrons. The predicted octanol–water partition coefficient (Wildman–Crippen LogP) is 6.21. The molecular formula is C20H42O5Sn2. The molecule has 0 rings (SSSR count). The van der Waals surface area contributed by atoms with Gasteiger partial charge in [0.15, 0.2) is 0 Å². The van der Waals surface area contributed by atoms with Crippen LogP contribution in [0, 0.1) is 0 Å². The Labute approximate surface area is 177 Å². The van der Waals surface area contributed by atoms with Crippen LogP contribution in [-0.4, -0.2) is 50.3 Å². The Kier molecular flexibility index (Phi) is 15.6. The van der Waals surface area contributed by atoms with Crippen molar-refractivity contribution in [3.8, 4) is 0 Å². The molecule has 0 heterocycles. The van der Waals surface area contributed by atoms with Crippen LogP contribution >= 0.6 is 0 Å². The Balaban J connectivity index is 5.89. The summed E-state index contributed by atoms with van der Waals surface area (Å²) in [6.45, 7) is 11.6. The van der Waals surface area contributed by atoms with Gasteiger partial charge in [-0.05, 0) is 0 Å². The van der Waals surface area contributed by atoms with Crippen LogP contribution in [0.2, 0.25) is 17.7 Å². The molecule has 0 aromatic carbocycles. The second kappa shape index (κ2) is 15.4. The van der Waals surface area contributed by atoms with E-state index in [1.54, 1.807) is 0 Å². The Morgan fingerprint density at radius 1 is 0.593 bits per heavy atom. The van der Waals surface area contributed by atoms with E-state index in [2.05, 4.69) is 27.7 Å². The summed E-state index contributed by atoms with van der Waals surface area (Å²) in [5.41, 5.74) is 0. The van der Waals surface area contributed by atoms with Gasteiger partial charge in [-0.3, -0.25) is 0 Å². The van der Waals surface area contributed by atoms with Crippen LogP contribution in [0.25, 0.3) is 0 Å². The number of unbranched alkanes of at least 4 members (excludes halogenated alkanes) is 4. The molecule has 0 amide bonds. The first-order valence-electron chi connectivity index (χ1n) is 10.9. The van der Waals surface area contributed by atoms with Gasteiger partial charge in [-0.1, -0.05) is 0 Å². The average molecular weight is 600 g/mol. The van der Waals surface area contributed by atoms with Crippen LogP contribution in [0.4, 0.5) is 0 Å². The zero-order valence-corrected chi connectivity index (χ0v) is 24.2. The first-order valence-corrected chi connectivity index (χ1v) is 23.6. The van der Waals surface area contributed by atoms with Crippen LogP contribution in [0.5, 0.6) is 0 Å². The molecule has 0 aliphatic heterocycles. The molecule has 0 fully saturated rings. The fourth-order valence-electron chi connectivity index (χ4n) is 3.35. The zero-order valence-electron chi connectivity index (χ0n) is 18.5. The Morgan fingerprint density at radius 3 is 1.04 bits per heavy atom. The van der Waals surface area contributed by atoms with Gasteiger partial charge < -0.3 is 0 Å². The third-order valence-corrected chi connectivity index (χ3v) is 37.5. The van der Waals surface area contributed by atoms with Gasteiger partial charge in [-0.25, -0.2) is 0 Å². The topological polar surface area (TPSA) is 61.8 Å². The summed E-state index contributed by atoms with van der Waals surface area (Å²) in [4.78, 5) is 24.0. The molecule has 0 spiro atoms. The van der Waals surface area contributed by atoms with E-state index in [-0.39, 0.29) is 11.9 Å². The van der Waals surface area contributed by atoms with Gasteiger partial charge in [0.05, 0.1) is 0 Å². The van der Waals surface area contributed by atoms with Crippen molar-refractivity contribution >= 4 is 50.3 Å². The van der Waals surface area contributed by atoms with Crippen molar-refractivity contribution < 1.29 is 17.1 Å². The van der Waals surface area contributed by atoms with Crippen LogP contribution in [-0.2, 0) is 17.1 Å². The number of carbonyl (C=O) groups excluding carboxylic acids is 2. The van der Waals surface area contributed by atoms with E-state index >= 15 is 0 Å². The fourth-order valence-corrected chi connectivity index (χ4v) is 44.8. The first kappa shape index (κ1) is 27.5. The van der Waals surface area contributed by atoms with Crippen LogP contribution < -0.4 is 0 Å². The van der Waals surface area contributed by atoms with Crippen molar-refractivity contribution in [3.05, 3.63) is 0 Å². The maximum absolute atomic E-state index is 12.0. The molecule has 0 saturated carbocycles. The maximum atomic E-state index is 12.0. The average Bonchev–Trinajstić information content (AvgIpc) is 2.60. The Morgan fingerprint density at radius 2 is 0.852 bits per heavy atom. The number of rotatable bonds is 16. The monoisotopic (exact) mass is 602 g/mol. The molecule has 5 nitrogen and oxygen atoms in total. The molecule has 27 heavy (non-hydrogen) atoms. The number of carbonyl (C=O) groups is 2. The van der Waals surface area contributed by atoms with E-state index in [0.717, 1.165) is 69.1 Å². The quantitative estimate of drug-likeness (QED) is 0.197. The molecule has 0 saturated heterocycles. The molecular weight excluding hydrogens is 558 g/mol. The molecule has 0 aromatic heterocycles. The van der Waals surface area contributed by atoms with Gasteiger partial charge in [0.1, 0.15) is 0 Å². The SMILES string of the molecule is CCC[CH2][Sn]([CH2]CCC)([O]C(C)=O)[O][Sn]([CH2]CCC)([CH2]CCC)[O]C(C)=O. The van der Waals surface area contributed by atoms with Crippen molar-refractivity contribution in [2.24, 2.45) is 0 Å². The Bertz CT molecular complexity index is 375. The standard InChI is InChI=1S/4C4H9.2C2H4O2.O.2Sn/c4*1-3-4-2;2*1-2(3)4;;;/h4*1,3-4H2,2H3;2*1H3,(H,3,4);;;/q;;;;;;;2*+1/p-2. The summed E-state index contributed by atoms with van der Waals surface area (Å²) >= 11 is -7.31. The normalized spacial score (nSPS) is 12.1. The molecule has 0 bridgehead atoms. The van der Waals surface area contributed by atoms with E-state index in [1.165, 1.54) is 13.8 Å². The molecule has 0 atom stereocenters. The predicted molar refractivity (Wildman–Crippen MR) is 115 cm³/mol. The zero-order chi connectivity index (χ0) is 20.8. The summed E-state index contributed by atoms with van der Waals surface area (Å²) in [5, 5.41) is 0. The number of hydrogen-bond acceptors (Lipinski definition) is 5. The second-order valence-corrected chi connectivity index (χ2v) is 29.3. The summed E-state index contributed by atoms with van der Waals surface area (Å²) in [6.07, 6.45) is 8.25.